The molecule has 5 nitrogen and oxygen atoms in total. The van der Waals surface area contributed by atoms with Crippen LogP contribution in [0.25, 0.3) is 0 Å². The Bertz CT molecular complexity index is 525. The van der Waals surface area contributed by atoms with Crippen LogP contribution in [-0.4, -0.2) is 48.0 Å². The molecule has 1 saturated heterocycles. The van der Waals surface area contributed by atoms with Crippen LogP contribution in [0.15, 0.2) is 24.3 Å². The van der Waals surface area contributed by atoms with Crippen molar-refractivity contribution in [1.29, 1.82) is 0 Å². The van der Waals surface area contributed by atoms with Gasteiger partial charge >= 0.3 is 6.09 Å². The molecule has 2 amide bonds. The molecule has 1 aliphatic rings. The highest BCUT2D eigenvalue weighted by Gasteiger charge is 2.26. The number of cyclic esters (lactones) is 1. The number of amides is 2. The summed E-state index contributed by atoms with van der Waals surface area (Å²) in [4.78, 5) is 27.0. The van der Waals surface area contributed by atoms with Crippen molar-refractivity contribution in [1.82, 2.24) is 9.80 Å². The summed E-state index contributed by atoms with van der Waals surface area (Å²) < 4.78 is 4.85. The molecule has 0 bridgehead atoms. The number of carbonyl (C=O) groups is 2. The van der Waals surface area contributed by atoms with Crippen molar-refractivity contribution in [2.45, 2.75) is 33.2 Å². The zero-order valence-electron chi connectivity index (χ0n) is 13.5. The van der Waals surface area contributed by atoms with Gasteiger partial charge in [-0.05, 0) is 24.0 Å². The molecule has 2 rings (SSSR count). The molecule has 0 aliphatic carbocycles. The predicted octanol–water partition coefficient (Wildman–Crippen LogP) is 2.61. The molecule has 22 heavy (non-hydrogen) atoms. The van der Waals surface area contributed by atoms with Crippen molar-refractivity contribution < 1.29 is 14.3 Å². The summed E-state index contributed by atoms with van der Waals surface area (Å²) in [6, 6.07) is 8.34. The van der Waals surface area contributed by atoms with E-state index in [0.29, 0.717) is 32.2 Å². The molecular weight excluding hydrogens is 280 g/mol. The van der Waals surface area contributed by atoms with Gasteiger partial charge in [0.1, 0.15) is 13.2 Å². The third kappa shape index (κ3) is 4.00. The minimum Gasteiger partial charge on any atom is -0.448 e. The highest BCUT2D eigenvalue weighted by Crippen LogP contribution is 2.16. The molecule has 1 fully saturated rings. The highest BCUT2D eigenvalue weighted by molar-refractivity contribution is 5.82. The summed E-state index contributed by atoms with van der Waals surface area (Å²) in [6.07, 6.45) is -0.398. The van der Waals surface area contributed by atoms with E-state index in [-0.39, 0.29) is 12.5 Å². The molecule has 0 spiro atoms. The molecule has 0 saturated carbocycles. The number of rotatable bonds is 6. The number of nitrogens with zero attached hydrogens (tertiary/aromatic N) is 2. The van der Waals surface area contributed by atoms with Crippen LogP contribution in [0, 0.1) is 0 Å². The number of benzene rings is 1. The van der Waals surface area contributed by atoms with E-state index in [1.54, 1.807) is 4.90 Å². The second kappa shape index (κ2) is 7.29. The van der Waals surface area contributed by atoms with Gasteiger partial charge in [-0.15, -0.1) is 0 Å². The zero-order chi connectivity index (χ0) is 16.1. The summed E-state index contributed by atoms with van der Waals surface area (Å²) >= 11 is 0. The van der Waals surface area contributed by atoms with E-state index in [4.69, 9.17) is 4.74 Å². The second-order valence-corrected chi connectivity index (χ2v) is 5.84. The largest absolute Gasteiger partial charge is 0.448 e. The van der Waals surface area contributed by atoms with Gasteiger partial charge in [-0.25, -0.2) is 4.79 Å². The fraction of sp³-hybridized carbons (Fsp3) is 0.529. The summed E-state index contributed by atoms with van der Waals surface area (Å²) in [5.41, 5.74) is 2.39. The van der Waals surface area contributed by atoms with Crippen molar-refractivity contribution in [2.24, 2.45) is 0 Å². The van der Waals surface area contributed by atoms with E-state index >= 15 is 0 Å². The monoisotopic (exact) mass is 304 g/mol. The third-order valence-electron chi connectivity index (χ3n) is 3.93. The minimum atomic E-state index is -0.398. The fourth-order valence-corrected chi connectivity index (χ4v) is 2.44. The van der Waals surface area contributed by atoms with E-state index in [9.17, 15) is 9.59 Å². The molecule has 1 heterocycles. The van der Waals surface area contributed by atoms with E-state index in [1.807, 2.05) is 6.92 Å². The number of carbonyl (C=O) groups excluding carboxylic acids is 2. The van der Waals surface area contributed by atoms with Crippen molar-refractivity contribution in [3.63, 3.8) is 0 Å². The Balaban J connectivity index is 1.95. The van der Waals surface area contributed by atoms with Crippen LogP contribution in [-0.2, 0) is 16.1 Å². The first-order valence-corrected chi connectivity index (χ1v) is 7.79. The molecule has 1 aromatic rings. The van der Waals surface area contributed by atoms with Gasteiger partial charge in [-0.3, -0.25) is 9.69 Å². The lowest BCUT2D eigenvalue weighted by atomic mass is 10.0. The van der Waals surface area contributed by atoms with Crippen LogP contribution in [0.4, 0.5) is 4.79 Å². The van der Waals surface area contributed by atoms with Crippen molar-refractivity contribution in [2.75, 3.05) is 26.2 Å². The van der Waals surface area contributed by atoms with Crippen LogP contribution in [0.5, 0.6) is 0 Å². The van der Waals surface area contributed by atoms with Gasteiger partial charge in [-0.2, -0.15) is 0 Å². The summed E-state index contributed by atoms with van der Waals surface area (Å²) in [5, 5.41) is 0. The first-order valence-electron chi connectivity index (χ1n) is 7.79. The third-order valence-corrected chi connectivity index (χ3v) is 3.93. The standard InChI is InChI=1S/C17H24N2O3/c1-4-18(16(20)12-19-9-10-22-17(19)21)11-14-5-7-15(8-6-14)13(2)3/h5-8,13H,4,9-12H2,1-3H3. The van der Waals surface area contributed by atoms with E-state index < -0.39 is 6.09 Å². The van der Waals surface area contributed by atoms with Crippen LogP contribution in [0.3, 0.4) is 0 Å². The Morgan fingerprint density at radius 3 is 2.50 bits per heavy atom. The van der Waals surface area contributed by atoms with Crippen LogP contribution in [0.2, 0.25) is 0 Å². The number of hydrogen-bond donors (Lipinski definition) is 0. The summed E-state index contributed by atoms with van der Waals surface area (Å²) in [6.45, 7) is 8.40. The zero-order valence-corrected chi connectivity index (χ0v) is 13.5. The average Bonchev–Trinajstić information content (AvgIpc) is 2.90. The first kappa shape index (κ1) is 16.3. The highest BCUT2D eigenvalue weighted by atomic mass is 16.6. The first-order chi connectivity index (χ1) is 10.5. The van der Waals surface area contributed by atoms with Gasteiger partial charge in [0.15, 0.2) is 0 Å². The lowest BCUT2D eigenvalue weighted by Gasteiger charge is -2.23. The lowest BCUT2D eigenvalue weighted by molar-refractivity contribution is -0.132. The molecule has 0 N–H and O–H groups in total. The van der Waals surface area contributed by atoms with Gasteiger partial charge in [0.05, 0.1) is 6.54 Å². The van der Waals surface area contributed by atoms with E-state index in [2.05, 4.69) is 38.1 Å². The summed E-state index contributed by atoms with van der Waals surface area (Å²) in [7, 11) is 0. The molecule has 0 aromatic heterocycles. The van der Waals surface area contributed by atoms with Crippen molar-refractivity contribution in [3.8, 4) is 0 Å². The minimum absolute atomic E-state index is 0.0470. The molecule has 0 unspecified atom stereocenters. The quantitative estimate of drug-likeness (QED) is 0.811. The maximum Gasteiger partial charge on any atom is 0.410 e. The topological polar surface area (TPSA) is 49.9 Å². The number of ether oxygens (including phenoxy) is 1. The van der Waals surface area contributed by atoms with Gasteiger partial charge in [0.2, 0.25) is 5.91 Å². The Morgan fingerprint density at radius 2 is 2.00 bits per heavy atom. The molecule has 1 aliphatic heterocycles. The van der Waals surface area contributed by atoms with Crippen LogP contribution >= 0.6 is 0 Å². The molecule has 0 radical (unpaired) electrons. The fourth-order valence-electron chi connectivity index (χ4n) is 2.44. The number of likely N-dealkylation sites (N-methyl/N-ethyl adjacent to an activating group) is 1. The Morgan fingerprint density at radius 1 is 1.32 bits per heavy atom. The molecule has 5 heteroatoms. The average molecular weight is 304 g/mol. The van der Waals surface area contributed by atoms with Gasteiger partial charge in [0.25, 0.3) is 0 Å². The molecular formula is C17H24N2O3. The Hall–Kier alpha value is -2.04. The Kier molecular flexibility index (Phi) is 5.41. The van der Waals surface area contributed by atoms with Gasteiger partial charge in [-0.1, -0.05) is 38.1 Å². The normalized spacial score (nSPS) is 14.4. The number of hydrogen-bond acceptors (Lipinski definition) is 3. The second-order valence-electron chi connectivity index (χ2n) is 5.84. The maximum atomic E-state index is 12.3. The van der Waals surface area contributed by atoms with E-state index in [1.165, 1.54) is 10.5 Å². The van der Waals surface area contributed by atoms with E-state index in [0.717, 1.165) is 5.56 Å². The molecule has 120 valence electrons. The Labute approximate surface area is 131 Å². The van der Waals surface area contributed by atoms with Crippen molar-refractivity contribution in [3.05, 3.63) is 35.4 Å². The van der Waals surface area contributed by atoms with Crippen molar-refractivity contribution >= 4 is 12.0 Å². The van der Waals surface area contributed by atoms with Gasteiger partial charge < -0.3 is 9.64 Å². The molecule has 0 atom stereocenters. The summed E-state index contributed by atoms with van der Waals surface area (Å²) in [5.74, 6) is 0.452. The SMILES string of the molecule is CCN(Cc1ccc(C(C)C)cc1)C(=O)CN1CCOC1=O. The van der Waals surface area contributed by atoms with Crippen LogP contribution < -0.4 is 0 Å². The molecule has 1 aromatic carbocycles. The van der Waals surface area contributed by atoms with Gasteiger partial charge in [0, 0.05) is 13.1 Å². The smallest absolute Gasteiger partial charge is 0.410 e. The predicted molar refractivity (Wildman–Crippen MR) is 84.5 cm³/mol. The maximum absolute atomic E-state index is 12.3. The lowest BCUT2D eigenvalue weighted by Crippen LogP contribution is -2.40. The van der Waals surface area contributed by atoms with Crippen LogP contribution in [0.1, 0.15) is 37.8 Å².